The van der Waals surface area contributed by atoms with Gasteiger partial charge in [-0.15, -0.1) is 0 Å². The molecule has 0 spiro atoms. The van der Waals surface area contributed by atoms with Crippen molar-refractivity contribution in [3.05, 3.63) is 24.3 Å². The Morgan fingerprint density at radius 2 is 2.06 bits per heavy atom. The number of fused-ring (bicyclic) bond motifs is 1. The maximum atomic E-state index is 5.81. The fourth-order valence-electron chi connectivity index (χ4n) is 1.74. The molecule has 0 bridgehead atoms. The molecule has 16 heavy (non-hydrogen) atoms. The Labute approximate surface area is 98.1 Å². The number of thiocarbonyl (C=S) groups is 1. The molecule has 0 aromatic heterocycles. The first-order chi connectivity index (χ1) is 7.83. The topological polar surface area (TPSA) is 54.5 Å². The van der Waals surface area contributed by atoms with Crippen LogP contribution in [-0.2, 0) is 0 Å². The fraction of sp³-hybridized carbons (Fsp3) is 0.300. The highest BCUT2D eigenvalue weighted by Gasteiger charge is 2.32. The lowest BCUT2D eigenvalue weighted by Gasteiger charge is -2.29. The molecule has 2 atom stereocenters. The molecule has 2 aliphatic heterocycles. The van der Waals surface area contributed by atoms with Crippen LogP contribution in [-0.4, -0.2) is 24.0 Å². The molecule has 5 nitrogen and oxygen atoms in total. The quantitative estimate of drug-likeness (QED) is 0.604. The lowest BCUT2D eigenvalue weighted by molar-refractivity contribution is 0.0610. The van der Waals surface area contributed by atoms with Crippen molar-refractivity contribution in [2.45, 2.75) is 12.3 Å². The molecule has 2 unspecified atom stereocenters. The smallest absolute Gasteiger partial charge is 0.182 e. The minimum absolute atomic E-state index is 0.0687. The van der Waals surface area contributed by atoms with E-state index in [0.29, 0.717) is 11.7 Å². The molecule has 1 aromatic rings. The summed E-state index contributed by atoms with van der Waals surface area (Å²) in [6, 6.07) is 7.63. The summed E-state index contributed by atoms with van der Waals surface area (Å²) in [5.41, 5.74) is 5.83. The largest absolute Gasteiger partial charge is 0.486 e. The van der Waals surface area contributed by atoms with Crippen LogP contribution in [0.3, 0.4) is 0 Å². The van der Waals surface area contributed by atoms with Crippen molar-refractivity contribution in [1.82, 2.24) is 16.2 Å². The van der Waals surface area contributed by atoms with Crippen molar-refractivity contribution in [3.63, 3.8) is 0 Å². The highest BCUT2D eigenvalue weighted by atomic mass is 32.1. The lowest BCUT2D eigenvalue weighted by Crippen LogP contribution is -2.51. The van der Waals surface area contributed by atoms with Crippen LogP contribution >= 0.6 is 12.2 Å². The SMILES string of the molecule is S=C1NNC(C2COc3ccccc3O2)N1. The third-order valence-electron chi connectivity index (χ3n) is 2.53. The van der Waals surface area contributed by atoms with Gasteiger partial charge in [0.15, 0.2) is 22.7 Å². The molecule has 3 N–H and O–H groups in total. The Morgan fingerprint density at radius 1 is 1.25 bits per heavy atom. The van der Waals surface area contributed by atoms with E-state index in [9.17, 15) is 0 Å². The normalized spacial score (nSPS) is 27.1. The van der Waals surface area contributed by atoms with Crippen LogP contribution in [0.15, 0.2) is 24.3 Å². The van der Waals surface area contributed by atoms with E-state index in [1.807, 2.05) is 24.3 Å². The third-order valence-corrected chi connectivity index (χ3v) is 2.75. The van der Waals surface area contributed by atoms with Gasteiger partial charge in [-0.1, -0.05) is 12.1 Å². The molecule has 0 amide bonds. The average Bonchev–Trinajstić information content (AvgIpc) is 2.75. The van der Waals surface area contributed by atoms with Crippen LogP contribution in [0.5, 0.6) is 11.5 Å². The van der Waals surface area contributed by atoms with Gasteiger partial charge < -0.3 is 14.8 Å². The average molecular weight is 237 g/mol. The van der Waals surface area contributed by atoms with E-state index in [-0.39, 0.29) is 12.3 Å². The molecule has 1 saturated heterocycles. The van der Waals surface area contributed by atoms with Crippen molar-refractivity contribution in [2.24, 2.45) is 0 Å². The van der Waals surface area contributed by atoms with Crippen molar-refractivity contribution in [2.75, 3.05) is 6.61 Å². The number of benzene rings is 1. The summed E-state index contributed by atoms with van der Waals surface area (Å²) in [5.74, 6) is 1.55. The number of rotatable bonds is 1. The summed E-state index contributed by atoms with van der Waals surface area (Å²) in [5, 5.41) is 3.63. The van der Waals surface area contributed by atoms with Gasteiger partial charge in [-0.05, 0) is 24.4 Å². The van der Waals surface area contributed by atoms with E-state index < -0.39 is 0 Å². The van der Waals surface area contributed by atoms with Gasteiger partial charge in [0.1, 0.15) is 12.8 Å². The molecule has 1 aromatic carbocycles. The van der Waals surface area contributed by atoms with Crippen molar-refractivity contribution >= 4 is 17.3 Å². The van der Waals surface area contributed by atoms with Gasteiger partial charge in [-0.2, -0.15) is 0 Å². The first kappa shape index (κ1) is 9.68. The molecule has 6 heteroatoms. The van der Waals surface area contributed by atoms with Crippen LogP contribution in [0, 0.1) is 0 Å². The number of hydrazine groups is 1. The first-order valence-corrected chi connectivity index (χ1v) is 5.44. The number of ether oxygens (including phenoxy) is 2. The van der Waals surface area contributed by atoms with E-state index in [1.165, 1.54) is 0 Å². The summed E-state index contributed by atoms with van der Waals surface area (Å²) in [7, 11) is 0. The van der Waals surface area contributed by atoms with Crippen molar-refractivity contribution in [3.8, 4) is 11.5 Å². The molecule has 3 rings (SSSR count). The van der Waals surface area contributed by atoms with Gasteiger partial charge in [0.2, 0.25) is 0 Å². The van der Waals surface area contributed by atoms with Crippen LogP contribution in [0.1, 0.15) is 0 Å². The maximum Gasteiger partial charge on any atom is 0.182 e. The zero-order chi connectivity index (χ0) is 11.0. The molecular formula is C10H11N3O2S. The van der Waals surface area contributed by atoms with Gasteiger partial charge in [0.05, 0.1) is 0 Å². The Morgan fingerprint density at radius 3 is 2.81 bits per heavy atom. The van der Waals surface area contributed by atoms with Crippen LogP contribution in [0.2, 0.25) is 0 Å². The van der Waals surface area contributed by atoms with Crippen LogP contribution in [0.25, 0.3) is 0 Å². The summed E-state index contributed by atoms with van der Waals surface area (Å²) in [4.78, 5) is 0. The number of nitrogens with one attached hydrogen (secondary N) is 3. The van der Waals surface area contributed by atoms with Crippen LogP contribution < -0.4 is 25.6 Å². The molecule has 0 saturated carbocycles. The minimum Gasteiger partial charge on any atom is -0.486 e. The number of hydrogen-bond donors (Lipinski definition) is 3. The second-order valence-electron chi connectivity index (χ2n) is 3.63. The Kier molecular flexibility index (Phi) is 2.30. The van der Waals surface area contributed by atoms with E-state index in [1.54, 1.807) is 0 Å². The van der Waals surface area contributed by atoms with Gasteiger partial charge in [0, 0.05) is 0 Å². The van der Waals surface area contributed by atoms with Gasteiger partial charge in [0.25, 0.3) is 0 Å². The summed E-state index contributed by atoms with van der Waals surface area (Å²) in [6.07, 6.45) is -0.177. The Hall–Kier alpha value is -1.53. The Bertz CT molecular complexity index is 426. The first-order valence-electron chi connectivity index (χ1n) is 5.03. The highest BCUT2D eigenvalue weighted by molar-refractivity contribution is 7.80. The minimum atomic E-state index is -0.108. The molecular weight excluding hydrogens is 226 g/mol. The summed E-state index contributed by atoms with van der Waals surface area (Å²) < 4.78 is 11.4. The standard InChI is InChI=1S/C10H11N3O2S/c16-10-11-9(12-13-10)8-5-14-6-3-1-2-4-7(6)15-8/h1-4,8-9,12H,5H2,(H2,11,13,16). The predicted molar refractivity (Wildman–Crippen MR) is 62.1 cm³/mol. The van der Waals surface area contributed by atoms with Gasteiger partial charge >= 0.3 is 0 Å². The predicted octanol–water partition coefficient (Wildman–Crippen LogP) is 0.135. The zero-order valence-corrected chi connectivity index (χ0v) is 9.21. The molecule has 1 fully saturated rings. The van der Waals surface area contributed by atoms with E-state index >= 15 is 0 Å². The zero-order valence-electron chi connectivity index (χ0n) is 8.40. The molecule has 84 valence electrons. The van der Waals surface area contributed by atoms with Gasteiger partial charge in [-0.25, -0.2) is 5.43 Å². The van der Waals surface area contributed by atoms with E-state index in [0.717, 1.165) is 11.5 Å². The van der Waals surface area contributed by atoms with E-state index in [2.05, 4.69) is 16.2 Å². The summed E-state index contributed by atoms with van der Waals surface area (Å²) in [6.45, 7) is 0.492. The molecule has 0 aliphatic carbocycles. The molecule has 2 heterocycles. The monoisotopic (exact) mass is 237 g/mol. The molecule has 2 aliphatic rings. The second-order valence-corrected chi connectivity index (χ2v) is 4.04. The fourth-order valence-corrected chi connectivity index (χ4v) is 1.93. The van der Waals surface area contributed by atoms with Gasteiger partial charge in [-0.3, -0.25) is 5.43 Å². The van der Waals surface area contributed by atoms with Crippen molar-refractivity contribution in [1.29, 1.82) is 0 Å². The third kappa shape index (κ3) is 1.66. The summed E-state index contributed by atoms with van der Waals surface area (Å²) >= 11 is 4.96. The van der Waals surface area contributed by atoms with E-state index in [4.69, 9.17) is 21.7 Å². The highest BCUT2D eigenvalue weighted by Crippen LogP contribution is 2.31. The maximum absolute atomic E-state index is 5.81. The van der Waals surface area contributed by atoms with Crippen molar-refractivity contribution < 1.29 is 9.47 Å². The number of hydrogen-bond acceptors (Lipinski definition) is 4. The lowest BCUT2D eigenvalue weighted by atomic mass is 10.2. The van der Waals surface area contributed by atoms with Crippen LogP contribution in [0.4, 0.5) is 0 Å². The Balaban J connectivity index is 1.75. The number of para-hydroxylation sites is 2. The second kappa shape index (κ2) is 3.80. The molecule has 0 radical (unpaired) electrons.